The standard InChI is InChI=1S/C14H19FN2O/c1-14(2)5-7-17(8-6-14)13(18)11-9-10(15)3-4-12(11)16/h3-4,9H,5-8,16H2,1-2H3. The molecule has 1 aromatic carbocycles. The number of nitrogens with two attached hydrogens (primary N) is 1. The summed E-state index contributed by atoms with van der Waals surface area (Å²) in [6.07, 6.45) is 1.93. The molecule has 1 aliphatic rings. The minimum absolute atomic E-state index is 0.164. The topological polar surface area (TPSA) is 46.3 Å². The monoisotopic (exact) mass is 250 g/mol. The maximum atomic E-state index is 13.2. The van der Waals surface area contributed by atoms with E-state index in [0.29, 0.717) is 18.8 Å². The second-order valence-electron chi connectivity index (χ2n) is 5.69. The average Bonchev–Trinajstić information content (AvgIpc) is 2.31. The molecule has 0 radical (unpaired) electrons. The van der Waals surface area contributed by atoms with Gasteiger partial charge in [-0.1, -0.05) is 13.8 Å². The van der Waals surface area contributed by atoms with E-state index in [1.807, 2.05) is 0 Å². The summed E-state index contributed by atoms with van der Waals surface area (Å²) in [7, 11) is 0. The van der Waals surface area contributed by atoms with Gasteiger partial charge in [-0.2, -0.15) is 0 Å². The van der Waals surface area contributed by atoms with Crippen molar-refractivity contribution in [3.8, 4) is 0 Å². The fraction of sp³-hybridized carbons (Fsp3) is 0.500. The molecule has 1 aromatic rings. The van der Waals surface area contributed by atoms with Gasteiger partial charge in [0.2, 0.25) is 0 Å². The van der Waals surface area contributed by atoms with Gasteiger partial charge in [0.05, 0.1) is 5.56 Å². The zero-order valence-electron chi connectivity index (χ0n) is 10.9. The molecule has 98 valence electrons. The number of amides is 1. The third-order valence-corrected chi connectivity index (χ3v) is 3.65. The van der Waals surface area contributed by atoms with E-state index in [9.17, 15) is 9.18 Å². The van der Waals surface area contributed by atoms with Crippen molar-refractivity contribution >= 4 is 11.6 Å². The number of halogens is 1. The Morgan fingerprint density at radius 3 is 2.56 bits per heavy atom. The lowest BCUT2D eigenvalue weighted by Crippen LogP contribution is -2.41. The number of likely N-dealkylation sites (tertiary alicyclic amines) is 1. The fourth-order valence-electron chi connectivity index (χ4n) is 2.20. The van der Waals surface area contributed by atoms with Crippen molar-refractivity contribution in [3.63, 3.8) is 0 Å². The van der Waals surface area contributed by atoms with Crippen LogP contribution < -0.4 is 5.73 Å². The maximum Gasteiger partial charge on any atom is 0.256 e. The van der Waals surface area contributed by atoms with Gasteiger partial charge in [0.25, 0.3) is 5.91 Å². The molecule has 1 aliphatic heterocycles. The zero-order chi connectivity index (χ0) is 13.3. The van der Waals surface area contributed by atoms with Crippen molar-refractivity contribution < 1.29 is 9.18 Å². The molecular formula is C14H19FN2O. The number of benzene rings is 1. The first-order valence-electron chi connectivity index (χ1n) is 6.23. The van der Waals surface area contributed by atoms with Crippen molar-refractivity contribution in [1.82, 2.24) is 4.90 Å². The highest BCUT2D eigenvalue weighted by atomic mass is 19.1. The molecule has 0 aromatic heterocycles. The molecule has 0 aliphatic carbocycles. The van der Waals surface area contributed by atoms with Crippen LogP contribution in [-0.2, 0) is 0 Å². The number of carbonyl (C=O) groups is 1. The van der Waals surface area contributed by atoms with Gasteiger partial charge in [0, 0.05) is 18.8 Å². The van der Waals surface area contributed by atoms with Gasteiger partial charge < -0.3 is 10.6 Å². The van der Waals surface area contributed by atoms with E-state index in [4.69, 9.17) is 5.73 Å². The van der Waals surface area contributed by atoms with Crippen molar-refractivity contribution in [3.05, 3.63) is 29.6 Å². The van der Waals surface area contributed by atoms with Crippen molar-refractivity contribution in [2.45, 2.75) is 26.7 Å². The van der Waals surface area contributed by atoms with E-state index in [1.165, 1.54) is 18.2 Å². The van der Waals surface area contributed by atoms with E-state index >= 15 is 0 Å². The number of nitrogens with zero attached hydrogens (tertiary/aromatic N) is 1. The van der Waals surface area contributed by atoms with Crippen LogP contribution in [0.25, 0.3) is 0 Å². The number of hydrogen-bond donors (Lipinski definition) is 1. The Morgan fingerprint density at radius 1 is 1.33 bits per heavy atom. The minimum Gasteiger partial charge on any atom is -0.398 e. The van der Waals surface area contributed by atoms with Crippen molar-refractivity contribution in [2.75, 3.05) is 18.8 Å². The number of rotatable bonds is 1. The summed E-state index contributed by atoms with van der Waals surface area (Å²) < 4.78 is 13.2. The lowest BCUT2D eigenvalue weighted by Gasteiger charge is -2.37. The highest BCUT2D eigenvalue weighted by Gasteiger charge is 2.29. The van der Waals surface area contributed by atoms with Crippen LogP contribution in [0.3, 0.4) is 0 Å². The van der Waals surface area contributed by atoms with Crippen LogP contribution in [0.15, 0.2) is 18.2 Å². The summed E-state index contributed by atoms with van der Waals surface area (Å²) in [6, 6.07) is 3.93. The van der Waals surface area contributed by atoms with E-state index in [-0.39, 0.29) is 16.9 Å². The number of carbonyl (C=O) groups excluding carboxylic acids is 1. The molecule has 0 spiro atoms. The van der Waals surface area contributed by atoms with Crippen LogP contribution in [0.4, 0.5) is 10.1 Å². The number of anilines is 1. The Kier molecular flexibility index (Phi) is 3.28. The van der Waals surface area contributed by atoms with Crippen LogP contribution >= 0.6 is 0 Å². The molecule has 0 atom stereocenters. The number of hydrogen-bond acceptors (Lipinski definition) is 2. The molecule has 18 heavy (non-hydrogen) atoms. The summed E-state index contributed by atoms with van der Waals surface area (Å²) in [4.78, 5) is 14.0. The highest BCUT2D eigenvalue weighted by molar-refractivity contribution is 5.99. The first-order chi connectivity index (χ1) is 8.39. The average molecular weight is 250 g/mol. The van der Waals surface area contributed by atoms with Crippen molar-refractivity contribution in [1.29, 1.82) is 0 Å². The van der Waals surface area contributed by atoms with Gasteiger partial charge in [-0.3, -0.25) is 4.79 Å². The summed E-state index contributed by atoms with van der Waals surface area (Å²) in [5, 5.41) is 0. The largest absolute Gasteiger partial charge is 0.398 e. The molecule has 2 N–H and O–H groups in total. The predicted molar refractivity (Wildman–Crippen MR) is 69.7 cm³/mol. The fourth-order valence-corrected chi connectivity index (χ4v) is 2.20. The quantitative estimate of drug-likeness (QED) is 0.779. The maximum absolute atomic E-state index is 13.2. The van der Waals surface area contributed by atoms with Crippen LogP contribution in [-0.4, -0.2) is 23.9 Å². The number of piperidine rings is 1. The summed E-state index contributed by atoms with van der Waals surface area (Å²) in [5.74, 6) is -0.590. The molecule has 4 heteroatoms. The van der Waals surface area contributed by atoms with E-state index in [0.717, 1.165) is 12.8 Å². The second kappa shape index (κ2) is 4.59. The van der Waals surface area contributed by atoms with E-state index < -0.39 is 5.82 Å². The van der Waals surface area contributed by atoms with Gasteiger partial charge >= 0.3 is 0 Å². The summed E-state index contributed by atoms with van der Waals surface area (Å²) in [5.41, 5.74) is 6.63. The lowest BCUT2D eigenvalue weighted by atomic mass is 9.82. The van der Waals surface area contributed by atoms with Gasteiger partial charge in [-0.05, 0) is 36.5 Å². The second-order valence-corrected chi connectivity index (χ2v) is 5.69. The Labute approximate surface area is 107 Å². The highest BCUT2D eigenvalue weighted by Crippen LogP contribution is 2.30. The van der Waals surface area contributed by atoms with E-state index in [1.54, 1.807) is 4.90 Å². The third-order valence-electron chi connectivity index (χ3n) is 3.65. The summed E-state index contributed by atoms with van der Waals surface area (Å²) in [6.45, 7) is 5.82. The molecule has 1 saturated heterocycles. The van der Waals surface area contributed by atoms with Crippen LogP contribution in [0, 0.1) is 11.2 Å². The zero-order valence-corrected chi connectivity index (χ0v) is 10.9. The van der Waals surface area contributed by atoms with E-state index in [2.05, 4.69) is 13.8 Å². The molecule has 1 heterocycles. The molecule has 1 fully saturated rings. The molecule has 1 amide bonds. The van der Waals surface area contributed by atoms with Gasteiger partial charge in [-0.25, -0.2) is 4.39 Å². The van der Waals surface area contributed by atoms with Gasteiger partial charge in [0.15, 0.2) is 0 Å². The molecule has 2 rings (SSSR count). The lowest BCUT2D eigenvalue weighted by molar-refractivity contribution is 0.0631. The minimum atomic E-state index is -0.426. The predicted octanol–water partition coefficient (Wildman–Crippen LogP) is 2.67. The molecule has 3 nitrogen and oxygen atoms in total. The number of nitrogen functional groups attached to an aromatic ring is 1. The van der Waals surface area contributed by atoms with Crippen LogP contribution in [0.1, 0.15) is 37.0 Å². The first-order valence-corrected chi connectivity index (χ1v) is 6.23. The van der Waals surface area contributed by atoms with Gasteiger partial charge in [0.1, 0.15) is 5.82 Å². The Morgan fingerprint density at radius 2 is 1.94 bits per heavy atom. The van der Waals surface area contributed by atoms with Crippen molar-refractivity contribution in [2.24, 2.45) is 5.41 Å². The normalized spacial score (nSPS) is 18.7. The van der Waals surface area contributed by atoms with Crippen LogP contribution in [0.5, 0.6) is 0 Å². The van der Waals surface area contributed by atoms with Gasteiger partial charge in [-0.15, -0.1) is 0 Å². The Bertz CT molecular complexity index is 461. The molecule has 0 saturated carbocycles. The molecule has 0 unspecified atom stereocenters. The summed E-state index contributed by atoms with van der Waals surface area (Å²) >= 11 is 0. The SMILES string of the molecule is CC1(C)CCN(C(=O)c2cc(F)ccc2N)CC1. The Balaban J connectivity index is 2.15. The Hall–Kier alpha value is -1.58. The van der Waals surface area contributed by atoms with Crippen LogP contribution in [0.2, 0.25) is 0 Å². The third kappa shape index (κ3) is 2.63. The molecular weight excluding hydrogens is 231 g/mol. The smallest absolute Gasteiger partial charge is 0.256 e. The first kappa shape index (κ1) is 12.9. The molecule has 0 bridgehead atoms.